The second-order valence-electron chi connectivity index (χ2n) is 9.45. The maximum atomic E-state index is 13.3. The van der Waals surface area contributed by atoms with Crippen molar-refractivity contribution in [3.63, 3.8) is 0 Å². The predicted molar refractivity (Wildman–Crippen MR) is 151 cm³/mol. The van der Waals surface area contributed by atoms with Crippen LogP contribution in [0.2, 0.25) is 0 Å². The molecule has 0 bridgehead atoms. The van der Waals surface area contributed by atoms with Crippen LogP contribution in [0.4, 0.5) is 22.2 Å². The van der Waals surface area contributed by atoms with Crippen molar-refractivity contribution in [3.05, 3.63) is 95.3 Å². The van der Waals surface area contributed by atoms with E-state index in [-0.39, 0.29) is 5.91 Å². The zero-order valence-corrected chi connectivity index (χ0v) is 22.3. The molecule has 8 heteroatoms. The van der Waals surface area contributed by atoms with Gasteiger partial charge < -0.3 is 10.2 Å². The Labute approximate surface area is 222 Å². The molecule has 1 saturated heterocycles. The Hall–Kier alpha value is -3.59. The molecule has 37 heavy (non-hydrogen) atoms. The van der Waals surface area contributed by atoms with Gasteiger partial charge in [-0.1, -0.05) is 18.2 Å². The van der Waals surface area contributed by atoms with Gasteiger partial charge in [-0.3, -0.25) is 19.6 Å². The van der Waals surface area contributed by atoms with Gasteiger partial charge in [0.15, 0.2) is 5.13 Å². The number of aromatic nitrogens is 2. The third kappa shape index (κ3) is 5.72. The maximum absolute atomic E-state index is 13.3. The van der Waals surface area contributed by atoms with Crippen LogP contribution in [0.25, 0.3) is 0 Å². The topological polar surface area (TPSA) is 64.6 Å². The van der Waals surface area contributed by atoms with Crippen molar-refractivity contribution < 1.29 is 4.79 Å². The van der Waals surface area contributed by atoms with Crippen LogP contribution in [0.1, 0.15) is 34.5 Å². The summed E-state index contributed by atoms with van der Waals surface area (Å²) >= 11 is 1.54. The molecule has 7 nitrogen and oxygen atoms in total. The molecule has 1 aliphatic rings. The zero-order valence-electron chi connectivity index (χ0n) is 21.5. The van der Waals surface area contributed by atoms with Crippen LogP contribution in [-0.2, 0) is 0 Å². The molecule has 1 atom stereocenters. The lowest BCUT2D eigenvalue weighted by molar-refractivity contribution is 0.102. The molecule has 0 radical (unpaired) electrons. The van der Waals surface area contributed by atoms with Crippen LogP contribution in [0.5, 0.6) is 0 Å². The smallest absolute Gasteiger partial charge is 0.255 e. The molecular weight excluding hydrogens is 480 g/mol. The normalized spacial score (nSPS) is 15.3. The van der Waals surface area contributed by atoms with Crippen LogP contribution in [0.3, 0.4) is 0 Å². The lowest BCUT2D eigenvalue weighted by Gasteiger charge is -2.36. The Morgan fingerprint density at radius 3 is 2.51 bits per heavy atom. The molecule has 1 amide bonds. The maximum Gasteiger partial charge on any atom is 0.255 e. The summed E-state index contributed by atoms with van der Waals surface area (Å²) in [5.74, 6) is -0.147. The van der Waals surface area contributed by atoms with Crippen molar-refractivity contribution in [1.82, 2.24) is 19.8 Å². The monoisotopic (exact) mass is 512 g/mol. The fraction of sp³-hybridized carbons (Fsp3) is 0.276. The number of carbonyl (C=O) groups excluding carboxylic acids is 1. The summed E-state index contributed by atoms with van der Waals surface area (Å²) < 4.78 is 0. The molecule has 1 unspecified atom stereocenters. The van der Waals surface area contributed by atoms with Crippen LogP contribution in [0, 0.1) is 6.92 Å². The number of hydrogen-bond acceptors (Lipinski definition) is 7. The van der Waals surface area contributed by atoms with E-state index in [1.165, 1.54) is 5.56 Å². The molecule has 5 rings (SSSR count). The highest BCUT2D eigenvalue weighted by Crippen LogP contribution is 2.37. The van der Waals surface area contributed by atoms with E-state index in [0.717, 1.165) is 53.9 Å². The number of aryl methyl sites for hydroxylation is 1. The van der Waals surface area contributed by atoms with Gasteiger partial charge in [-0.05, 0) is 68.4 Å². The second kappa shape index (κ2) is 11.2. The lowest BCUT2D eigenvalue weighted by atomic mass is 10.1. The third-order valence-corrected chi connectivity index (χ3v) is 7.72. The van der Waals surface area contributed by atoms with Gasteiger partial charge in [-0.2, -0.15) is 0 Å². The molecule has 2 aromatic heterocycles. The average Bonchev–Trinajstić information content (AvgIpc) is 3.45. The molecule has 1 aliphatic heterocycles. The minimum absolute atomic E-state index is 0.147. The van der Waals surface area contributed by atoms with Gasteiger partial charge in [-0.25, -0.2) is 4.98 Å². The summed E-state index contributed by atoms with van der Waals surface area (Å²) in [5, 5.41) is 5.83. The SMILES string of the molecule is Cc1ccc(C(=O)Nc2ccc(C(C)N3CCN(C)CC3)cc2)cc1N(c1cccnc1)c1nccs1. The number of nitrogens with one attached hydrogen (secondary N) is 1. The minimum Gasteiger partial charge on any atom is -0.322 e. The van der Waals surface area contributed by atoms with Gasteiger partial charge in [-0.15, -0.1) is 11.3 Å². The summed E-state index contributed by atoms with van der Waals surface area (Å²) in [6.45, 7) is 8.62. The van der Waals surface area contributed by atoms with E-state index in [9.17, 15) is 4.79 Å². The largest absolute Gasteiger partial charge is 0.322 e. The van der Waals surface area contributed by atoms with E-state index < -0.39 is 0 Å². The summed E-state index contributed by atoms with van der Waals surface area (Å²) in [6.07, 6.45) is 5.33. The molecule has 3 heterocycles. The predicted octanol–water partition coefficient (Wildman–Crippen LogP) is 5.88. The highest BCUT2D eigenvalue weighted by Gasteiger charge is 2.21. The van der Waals surface area contributed by atoms with E-state index in [0.29, 0.717) is 11.6 Å². The first-order valence-corrected chi connectivity index (χ1v) is 13.4. The van der Waals surface area contributed by atoms with Crippen molar-refractivity contribution >= 4 is 39.4 Å². The van der Waals surface area contributed by atoms with Crippen LogP contribution in [0.15, 0.2) is 78.6 Å². The summed E-state index contributed by atoms with van der Waals surface area (Å²) in [5.41, 5.74) is 5.45. The van der Waals surface area contributed by atoms with Gasteiger partial charge in [0.25, 0.3) is 5.91 Å². The molecular formula is C29H32N6OS. The first kappa shape index (κ1) is 25.1. The van der Waals surface area contributed by atoms with Crippen molar-refractivity contribution in [2.45, 2.75) is 19.9 Å². The van der Waals surface area contributed by atoms with E-state index >= 15 is 0 Å². The highest BCUT2D eigenvalue weighted by atomic mass is 32.1. The van der Waals surface area contributed by atoms with Crippen LogP contribution in [-0.4, -0.2) is 58.9 Å². The number of nitrogens with zero attached hydrogens (tertiary/aromatic N) is 5. The number of thiazole rings is 1. The molecule has 1 fully saturated rings. The summed E-state index contributed by atoms with van der Waals surface area (Å²) in [4.78, 5) is 29.0. The molecule has 0 spiro atoms. The third-order valence-electron chi connectivity index (χ3n) is 6.96. The van der Waals surface area contributed by atoms with Gasteiger partial charge in [0.2, 0.25) is 0 Å². The van der Waals surface area contributed by atoms with Gasteiger partial charge in [0, 0.05) is 61.2 Å². The summed E-state index contributed by atoms with van der Waals surface area (Å²) in [6, 6.07) is 18.2. The molecule has 1 N–H and O–H groups in total. The molecule has 4 aromatic rings. The second-order valence-corrected chi connectivity index (χ2v) is 10.3. The number of piperazine rings is 1. The van der Waals surface area contributed by atoms with E-state index in [1.807, 2.05) is 59.7 Å². The van der Waals surface area contributed by atoms with Gasteiger partial charge in [0.05, 0.1) is 17.6 Å². The van der Waals surface area contributed by atoms with E-state index in [4.69, 9.17) is 0 Å². The fourth-order valence-corrected chi connectivity index (χ4v) is 5.30. The standard InChI is InChI=1S/C29H32N6OS/c1-21-6-7-24(19-27(21)35(29-31-13-18-37-29)26-5-4-12-30-20-26)28(36)32-25-10-8-23(9-11-25)22(2)34-16-14-33(3)15-17-34/h4-13,18-20,22H,14-17H2,1-3H3,(H,32,36). The lowest BCUT2D eigenvalue weighted by Crippen LogP contribution is -2.45. The quantitative estimate of drug-likeness (QED) is 0.334. The first-order valence-electron chi connectivity index (χ1n) is 12.5. The number of hydrogen-bond donors (Lipinski definition) is 1. The van der Waals surface area contributed by atoms with Crippen molar-refractivity contribution in [1.29, 1.82) is 0 Å². The molecule has 0 aliphatic carbocycles. The van der Waals surface area contributed by atoms with Crippen LogP contribution < -0.4 is 10.2 Å². The van der Waals surface area contributed by atoms with Crippen molar-refractivity contribution in [2.75, 3.05) is 43.4 Å². The number of pyridine rings is 1. The van der Waals surface area contributed by atoms with Crippen LogP contribution >= 0.6 is 11.3 Å². The van der Waals surface area contributed by atoms with E-state index in [1.54, 1.807) is 29.9 Å². The Kier molecular flexibility index (Phi) is 7.60. The highest BCUT2D eigenvalue weighted by molar-refractivity contribution is 7.13. The van der Waals surface area contributed by atoms with Gasteiger partial charge >= 0.3 is 0 Å². The first-order chi connectivity index (χ1) is 18.0. The minimum atomic E-state index is -0.147. The fourth-order valence-electron chi connectivity index (χ4n) is 4.62. The molecule has 2 aromatic carbocycles. The van der Waals surface area contributed by atoms with Crippen molar-refractivity contribution in [3.8, 4) is 0 Å². The number of amides is 1. The molecule has 0 saturated carbocycles. The van der Waals surface area contributed by atoms with Gasteiger partial charge in [0.1, 0.15) is 0 Å². The number of anilines is 4. The Bertz CT molecular complexity index is 1320. The number of carbonyl (C=O) groups is 1. The zero-order chi connectivity index (χ0) is 25.8. The van der Waals surface area contributed by atoms with E-state index in [2.05, 4.69) is 51.2 Å². The Morgan fingerprint density at radius 2 is 1.84 bits per heavy atom. The number of likely N-dealkylation sites (N-methyl/N-ethyl adjacent to an activating group) is 1. The summed E-state index contributed by atoms with van der Waals surface area (Å²) in [7, 11) is 2.17. The number of benzene rings is 2. The number of rotatable bonds is 7. The Morgan fingerprint density at radius 1 is 1.05 bits per heavy atom. The Balaban J connectivity index is 1.34. The molecule has 190 valence electrons. The van der Waals surface area contributed by atoms with Crippen molar-refractivity contribution in [2.24, 2.45) is 0 Å². The average molecular weight is 513 g/mol.